The normalized spacial score (nSPS) is 15.8. The van der Waals surface area contributed by atoms with Crippen LogP contribution in [0.15, 0.2) is 0 Å². The van der Waals surface area contributed by atoms with Gasteiger partial charge in [-0.05, 0) is 12.8 Å². The first-order valence-corrected chi connectivity index (χ1v) is 9.28. The van der Waals surface area contributed by atoms with Gasteiger partial charge in [-0.15, -0.1) is 0 Å². The van der Waals surface area contributed by atoms with Crippen molar-refractivity contribution >= 4 is 15.9 Å². The Morgan fingerprint density at radius 2 is 0.818 bits per heavy atom. The second-order valence-corrected chi connectivity index (χ2v) is 7.20. The first-order valence-electron chi connectivity index (χ1n) is 8.16. The van der Waals surface area contributed by atoms with E-state index in [1.807, 2.05) is 0 Å². The predicted octanol–water partition coefficient (Wildman–Crippen LogP) is 7.58. The zero-order valence-corrected chi connectivity index (χ0v) is 17.0. The Hall–Kier alpha value is -0.750. The lowest BCUT2D eigenvalue weighted by Crippen LogP contribution is -2.74. The Bertz CT molecular complexity index is 642. The van der Waals surface area contributed by atoms with Gasteiger partial charge in [-0.3, -0.25) is 0 Å². The molecule has 0 rings (SSSR count). The molecule has 0 unspecified atom stereocenters. The lowest BCUT2D eigenvalue weighted by molar-refractivity contribution is -0.462. The molecule has 0 radical (unpaired) electrons. The summed E-state index contributed by atoms with van der Waals surface area (Å²) in [6, 6.07) is 0. The Morgan fingerprint density at radius 1 is 0.455 bits per heavy atom. The molecule has 0 aromatic rings. The summed E-state index contributed by atoms with van der Waals surface area (Å²) < 4.78 is 226. The van der Waals surface area contributed by atoms with Gasteiger partial charge in [-0.2, -0.15) is 74.6 Å². The summed E-state index contributed by atoms with van der Waals surface area (Å²) in [7, 11) is 0. The molecule has 0 aliphatic carbocycles. The molecular formula is C14H12BrF17O. The molecule has 0 aliphatic rings. The Morgan fingerprint density at radius 3 is 1.18 bits per heavy atom. The predicted molar refractivity (Wildman–Crippen MR) is 79.1 cm³/mol. The summed E-state index contributed by atoms with van der Waals surface area (Å²) in [5.41, 5.74) is 0. The second kappa shape index (κ2) is 9.72. The summed E-state index contributed by atoms with van der Waals surface area (Å²) >= 11 is 2.92. The molecule has 0 aliphatic heterocycles. The SMILES string of the molecule is FC(F)(F)C(F)(F)C(F)(F)C(F)(F)C(F)(F)C(F)(F)C(F)(F)C(F)(F)CCOCCCCBr. The highest BCUT2D eigenvalue weighted by atomic mass is 79.9. The van der Waals surface area contributed by atoms with Crippen LogP contribution >= 0.6 is 15.9 Å². The van der Waals surface area contributed by atoms with Crippen molar-refractivity contribution in [2.45, 2.75) is 66.9 Å². The molecule has 0 saturated heterocycles. The van der Waals surface area contributed by atoms with E-state index in [1.165, 1.54) is 0 Å². The van der Waals surface area contributed by atoms with Crippen molar-refractivity contribution in [3.05, 3.63) is 0 Å². The van der Waals surface area contributed by atoms with E-state index >= 15 is 0 Å². The zero-order chi connectivity index (χ0) is 26.9. The van der Waals surface area contributed by atoms with Crippen LogP contribution < -0.4 is 0 Å². The summed E-state index contributed by atoms with van der Waals surface area (Å²) in [5, 5.41) is 0.359. The number of halogens is 18. The van der Waals surface area contributed by atoms with Crippen LogP contribution in [0.25, 0.3) is 0 Å². The first kappa shape index (κ1) is 32.2. The molecule has 0 atom stereocenters. The largest absolute Gasteiger partial charge is 0.460 e. The van der Waals surface area contributed by atoms with E-state index in [4.69, 9.17) is 0 Å². The van der Waals surface area contributed by atoms with Crippen LogP contribution in [-0.2, 0) is 4.74 Å². The lowest BCUT2D eigenvalue weighted by atomic mass is 9.88. The van der Waals surface area contributed by atoms with E-state index in [0.717, 1.165) is 0 Å². The molecule has 0 N–H and O–H groups in total. The van der Waals surface area contributed by atoms with Crippen molar-refractivity contribution < 1.29 is 79.4 Å². The Labute approximate surface area is 181 Å². The molecule has 0 aromatic heterocycles. The molecule has 0 spiro atoms. The number of hydrogen-bond acceptors (Lipinski definition) is 1. The standard InChI is InChI=1S/C14H12BrF17O/c15-4-1-2-5-33-6-3-7(16,17)8(18,19)9(20,21)10(22,23)11(24,25)12(26,27)13(28,29)14(30,31)32/h1-6H2. The number of unbranched alkanes of at least 4 members (excludes halogenated alkanes) is 1. The van der Waals surface area contributed by atoms with Gasteiger partial charge < -0.3 is 4.74 Å². The fourth-order valence-corrected chi connectivity index (χ4v) is 2.35. The van der Waals surface area contributed by atoms with Crippen LogP contribution in [0.3, 0.4) is 0 Å². The first-order chi connectivity index (χ1) is 14.3. The van der Waals surface area contributed by atoms with Gasteiger partial charge in [-0.1, -0.05) is 15.9 Å². The van der Waals surface area contributed by atoms with E-state index in [1.54, 1.807) is 0 Å². The molecule has 200 valence electrons. The second-order valence-electron chi connectivity index (χ2n) is 6.41. The molecule has 0 fully saturated rings. The molecule has 19 heteroatoms. The molecule has 0 heterocycles. The fourth-order valence-electron chi connectivity index (χ4n) is 1.95. The van der Waals surface area contributed by atoms with Gasteiger partial charge in [0.2, 0.25) is 0 Å². The maximum Gasteiger partial charge on any atom is 0.460 e. The Kier molecular flexibility index (Phi) is 9.50. The van der Waals surface area contributed by atoms with Crippen LogP contribution in [0.1, 0.15) is 19.3 Å². The third-order valence-electron chi connectivity index (χ3n) is 4.02. The fraction of sp³-hybridized carbons (Fsp3) is 1.00. The molecular weight excluding hydrogens is 587 g/mol. The summed E-state index contributed by atoms with van der Waals surface area (Å²) in [6.45, 7) is -2.01. The monoisotopic (exact) mass is 598 g/mol. The summed E-state index contributed by atoms with van der Waals surface area (Å²) in [5.74, 6) is -56.1. The number of hydrogen-bond donors (Lipinski definition) is 0. The number of rotatable bonds is 13. The highest BCUT2D eigenvalue weighted by Crippen LogP contribution is 2.64. The smallest absolute Gasteiger partial charge is 0.381 e. The van der Waals surface area contributed by atoms with Crippen molar-refractivity contribution in [3.8, 4) is 0 Å². The van der Waals surface area contributed by atoms with E-state index < -0.39 is 67.3 Å². The van der Waals surface area contributed by atoms with Crippen LogP contribution in [0, 0.1) is 0 Å². The van der Waals surface area contributed by atoms with Crippen molar-refractivity contribution in [2.24, 2.45) is 0 Å². The van der Waals surface area contributed by atoms with Crippen molar-refractivity contribution in [3.63, 3.8) is 0 Å². The Balaban J connectivity index is 6.11. The van der Waals surface area contributed by atoms with Gasteiger partial charge in [0.15, 0.2) is 0 Å². The highest BCUT2D eigenvalue weighted by Gasteiger charge is 2.95. The van der Waals surface area contributed by atoms with Gasteiger partial charge in [-0.25, -0.2) is 0 Å². The summed E-state index contributed by atoms with van der Waals surface area (Å²) in [4.78, 5) is 0. The number of alkyl halides is 18. The van der Waals surface area contributed by atoms with Crippen LogP contribution in [0.2, 0.25) is 0 Å². The minimum atomic E-state index is -8.60. The van der Waals surface area contributed by atoms with E-state index in [0.29, 0.717) is 11.8 Å². The van der Waals surface area contributed by atoms with Gasteiger partial charge in [0.25, 0.3) is 0 Å². The van der Waals surface area contributed by atoms with Crippen molar-refractivity contribution in [1.82, 2.24) is 0 Å². The maximum atomic E-state index is 13.5. The topological polar surface area (TPSA) is 9.23 Å². The van der Waals surface area contributed by atoms with Gasteiger partial charge in [0.05, 0.1) is 6.61 Å². The average Bonchev–Trinajstić information content (AvgIpc) is 2.62. The quantitative estimate of drug-likeness (QED) is 0.121. The molecule has 0 amide bonds. The molecule has 1 nitrogen and oxygen atoms in total. The van der Waals surface area contributed by atoms with E-state index in [-0.39, 0.29) is 6.42 Å². The third-order valence-corrected chi connectivity index (χ3v) is 4.58. The van der Waals surface area contributed by atoms with Crippen LogP contribution in [0.4, 0.5) is 74.6 Å². The summed E-state index contributed by atoms with van der Waals surface area (Å²) in [6.07, 6.45) is -9.90. The molecule has 0 bridgehead atoms. The van der Waals surface area contributed by atoms with Crippen molar-refractivity contribution in [2.75, 3.05) is 18.5 Å². The minimum Gasteiger partial charge on any atom is -0.381 e. The number of ether oxygens (including phenoxy) is 1. The van der Waals surface area contributed by atoms with Gasteiger partial charge in [0, 0.05) is 18.4 Å². The van der Waals surface area contributed by atoms with Gasteiger partial charge >= 0.3 is 47.6 Å². The van der Waals surface area contributed by atoms with E-state index in [9.17, 15) is 74.6 Å². The molecule has 0 saturated carbocycles. The average molecular weight is 599 g/mol. The third kappa shape index (κ3) is 5.27. The van der Waals surface area contributed by atoms with Crippen molar-refractivity contribution in [1.29, 1.82) is 0 Å². The van der Waals surface area contributed by atoms with Gasteiger partial charge in [0.1, 0.15) is 0 Å². The van der Waals surface area contributed by atoms with E-state index in [2.05, 4.69) is 20.7 Å². The maximum absolute atomic E-state index is 13.5. The highest BCUT2D eigenvalue weighted by molar-refractivity contribution is 9.09. The zero-order valence-electron chi connectivity index (χ0n) is 15.5. The molecule has 33 heavy (non-hydrogen) atoms. The van der Waals surface area contributed by atoms with Crippen LogP contribution in [0.5, 0.6) is 0 Å². The van der Waals surface area contributed by atoms with Crippen LogP contribution in [-0.4, -0.2) is 66.2 Å². The lowest BCUT2D eigenvalue weighted by Gasteiger charge is -2.42. The molecule has 0 aromatic carbocycles. The minimum absolute atomic E-state index is 0.0934.